The van der Waals surface area contributed by atoms with Gasteiger partial charge in [0.25, 0.3) is 0 Å². The van der Waals surface area contributed by atoms with Crippen LogP contribution in [-0.4, -0.2) is 5.78 Å². The van der Waals surface area contributed by atoms with Crippen molar-refractivity contribution in [1.29, 1.82) is 0 Å². The number of ketones is 1. The number of rotatable bonds is 4. The molecule has 1 heteroatoms. The van der Waals surface area contributed by atoms with Crippen LogP contribution in [0.5, 0.6) is 0 Å². The van der Waals surface area contributed by atoms with Gasteiger partial charge in [-0.1, -0.05) is 158 Å². The molecule has 0 fully saturated rings. The lowest BCUT2D eigenvalue weighted by molar-refractivity contribution is 0.103. The van der Waals surface area contributed by atoms with E-state index in [2.05, 4.69) is 133 Å². The summed E-state index contributed by atoms with van der Waals surface area (Å²) in [4.78, 5) is 13.6. The van der Waals surface area contributed by atoms with Gasteiger partial charge in [0.05, 0.1) is 0 Å². The number of hydrogen-bond acceptors (Lipinski definition) is 1. The number of benzene rings is 10. The van der Waals surface area contributed by atoms with Crippen molar-refractivity contribution in [3.8, 4) is 22.3 Å². The van der Waals surface area contributed by atoms with Crippen molar-refractivity contribution in [3.05, 3.63) is 169 Å². The molecule has 0 radical (unpaired) electrons. The fourth-order valence-electron chi connectivity index (χ4n) is 7.74. The first-order valence-electron chi connectivity index (χ1n) is 15.8. The molecule has 10 aromatic rings. The topological polar surface area (TPSA) is 17.1 Å². The van der Waals surface area contributed by atoms with Gasteiger partial charge in [0.2, 0.25) is 0 Å². The van der Waals surface area contributed by atoms with Crippen LogP contribution in [0.25, 0.3) is 86.9 Å². The largest absolute Gasteiger partial charge is 0.289 e. The van der Waals surface area contributed by atoms with Crippen LogP contribution in [0, 0.1) is 0 Å². The van der Waals surface area contributed by atoms with Crippen molar-refractivity contribution in [3.63, 3.8) is 0 Å². The minimum absolute atomic E-state index is 0.0314. The zero-order chi connectivity index (χ0) is 30.4. The second-order valence-corrected chi connectivity index (χ2v) is 12.4. The molecule has 10 rings (SSSR count). The van der Waals surface area contributed by atoms with Crippen molar-refractivity contribution in [1.82, 2.24) is 0 Å². The molecule has 0 bridgehead atoms. The first-order valence-corrected chi connectivity index (χ1v) is 15.8. The predicted molar refractivity (Wildman–Crippen MR) is 195 cm³/mol. The predicted octanol–water partition coefficient (Wildman–Crippen LogP) is 12.0. The van der Waals surface area contributed by atoms with E-state index in [1.54, 1.807) is 0 Å². The maximum absolute atomic E-state index is 13.6. The zero-order valence-electron chi connectivity index (χ0n) is 24.9. The van der Waals surface area contributed by atoms with E-state index in [1.165, 1.54) is 75.8 Å². The summed E-state index contributed by atoms with van der Waals surface area (Å²) in [7, 11) is 0. The summed E-state index contributed by atoms with van der Waals surface area (Å²) in [6.07, 6.45) is 0. The fourth-order valence-corrected chi connectivity index (χ4v) is 7.74. The van der Waals surface area contributed by atoms with E-state index in [-0.39, 0.29) is 5.78 Å². The lowest BCUT2D eigenvalue weighted by Gasteiger charge is -2.14. The van der Waals surface area contributed by atoms with Crippen molar-refractivity contribution in [2.24, 2.45) is 0 Å². The third-order valence-electron chi connectivity index (χ3n) is 9.97. The molecule has 0 amide bonds. The molecule has 0 aliphatic carbocycles. The van der Waals surface area contributed by atoms with Gasteiger partial charge < -0.3 is 0 Å². The van der Waals surface area contributed by atoms with Gasteiger partial charge >= 0.3 is 0 Å². The summed E-state index contributed by atoms with van der Waals surface area (Å²) >= 11 is 0. The van der Waals surface area contributed by atoms with Gasteiger partial charge in [-0.25, -0.2) is 0 Å². The monoisotopic (exact) mass is 582 g/mol. The highest BCUT2D eigenvalue weighted by Gasteiger charge is 2.15. The van der Waals surface area contributed by atoms with E-state index in [0.717, 1.165) is 11.1 Å². The van der Waals surface area contributed by atoms with E-state index < -0.39 is 0 Å². The lowest BCUT2D eigenvalue weighted by atomic mass is 9.89. The van der Waals surface area contributed by atoms with Crippen molar-refractivity contribution in [2.75, 3.05) is 0 Å². The van der Waals surface area contributed by atoms with Crippen molar-refractivity contribution in [2.45, 2.75) is 0 Å². The molecule has 0 saturated carbocycles. The number of hydrogen-bond donors (Lipinski definition) is 0. The second kappa shape index (κ2) is 9.47. The van der Waals surface area contributed by atoms with E-state index >= 15 is 0 Å². The van der Waals surface area contributed by atoms with Gasteiger partial charge in [-0.05, 0) is 86.9 Å². The van der Waals surface area contributed by atoms with Crippen LogP contribution in [0.4, 0.5) is 0 Å². The highest BCUT2D eigenvalue weighted by molar-refractivity contribution is 6.26. The Labute approximate surface area is 265 Å². The summed E-state index contributed by atoms with van der Waals surface area (Å²) in [6.45, 7) is 0. The molecule has 0 aliphatic rings. The molecule has 0 saturated heterocycles. The highest BCUT2D eigenvalue weighted by Crippen LogP contribution is 2.41. The van der Waals surface area contributed by atoms with Gasteiger partial charge in [-0.2, -0.15) is 0 Å². The standard InChI is InChI=1S/C45H26O/c46-45(35-15-7-27(8-16-35)37-23-19-33-13-11-29-3-1-5-31-21-25-39(37)43(33)41(29)31)36-17-9-28(10-18-36)38-24-20-34-14-12-30-4-2-6-32-22-26-40(38)44(34)42(30)32/h1-26H. The first kappa shape index (κ1) is 25.3. The summed E-state index contributed by atoms with van der Waals surface area (Å²) in [5.41, 5.74) is 5.97. The van der Waals surface area contributed by atoms with Crippen LogP contribution in [0.1, 0.15) is 15.9 Å². The minimum Gasteiger partial charge on any atom is -0.289 e. The molecule has 0 aliphatic heterocycles. The zero-order valence-corrected chi connectivity index (χ0v) is 24.9. The Balaban J connectivity index is 0.992. The van der Waals surface area contributed by atoms with Crippen LogP contribution >= 0.6 is 0 Å². The molecule has 0 spiro atoms. The minimum atomic E-state index is 0.0314. The molecule has 1 nitrogen and oxygen atoms in total. The molecular formula is C45H26O. The molecule has 46 heavy (non-hydrogen) atoms. The van der Waals surface area contributed by atoms with Gasteiger partial charge in [0.15, 0.2) is 5.78 Å². The molecule has 0 aromatic heterocycles. The Morgan fingerprint density at radius 3 is 1.02 bits per heavy atom. The van der Waals surface area contributed by atoms with Crippen LogP contribution < -0.4 is 0 Å². The van der Waals surface area contributed by atoms with Crippen LogP contribution in [0.3, 0.4) is 0 Å². The van der Waals surface area contributed by atoms with Crippen molar-refractivity contribution >= 4 is 70.4 Å². The van der Waals surface area contributed by atoms with Gasteiger partial charge in [-0.15, -0.1) is 0 Å². The maximum atomic E-state index is 13.6. The summed E-state index contributed by atoms with van der Waals surface area (Å²) < 4.78 is 0. The molecule has 0 N–H and O–H groups in total. The fraction of sp³-hybridized carbons (Fsp3) is 0. The molecular weight excluding hydrogens is 556 g/mol. The van der Waals surface area contributed by atoms with Crippen molar-refractivity contribution < 1.29 is 4.79 Å². The Morgan fingerprint density at radius 2 is 0.630 bits per heavy atom. The Kier molecular flexibility index (Phi) is 5.21. The van der Waals surface area contributed by atoms with Crippen LogP contribution in [0.2, 0.25) is 0 Å². The summed E-state index contributed by atoms with van der Waals surface area (Å²) in [6, 6.07) is 55.8. The van der Waals surface area contributed by atoms with Crippen LogP contribution in [0.15, 0.2) is 158 Å². The summed E-state index contributed by atoms with van der Waals surface area (Å²) in [5.74, 6) is 0.0314. The first-order chi connectivity index (χ1) is 22.7. The Hall–Kier alpha value is -6.05. The van der Waals surface area contributed by atoms with Gasteiger partial charge in [-0.3, -0.25) is 4.79 Å². The third kappa shape index (κ3) is 3.60. The average molecular weight is 583 g/mol. The molecule has 212 valence electrons. The van der Waals surface area contributed by atoms with Crippen LogP contribution in [-0.2, 0) is 0 Å². The average Bonchev–Trinajstić information content (AvgIpc) is 3.12. The normalized spacial score (nSPS) is 12.0. The highest BCUT2D eigenvalue weighted by atomic mass is 16.1. The van der Waals surface area contributed by atoms with E-state index in [0.29, 0.717) is 11.1 Å². The SMILES string of the molecule is O=C(c1ccc(-c2ccc3ccc4cccc5ccc2c3c45)cc1)c1ccc(-c2ccc3ccc4cccc5ccc2c3c45)cc1. The van der Waals surface area contributed by atoms with E-state index in [9.17, 15) is 4.79 Å². The number of carbonyl (C=O) groups excluding carboxylic acids is 1. The molecule has 0 heterocycles. The summed E-state index contributed by atoms with van der Waals surface area (Å²) in [5, 5.41) is 15.3. The lowest BCUT2D eigenvalue weighted by Crippen LogP contribution is -2.01. The number of carbonyl (C=O) groups is 1. The Morgan fingerprint density at radius 1 is 0.304 bits per heavy atom. The molecule has 10 aromatic carbocycles. The van der Waals surface area contributed by atoms with Gasteiger partial charge in [0, 0.05) is 11.1 Å². The van der Waals surface area contributed by atoms with Gasteiger partial charge in [0.1, 0.15) is 0 Å². The second-order valence-electron chi connectivity index (χ2n) is 12.4. The maximum Gasteiger partial charge on any atom is 0.193 e. The smallest absolute Gasteiger partial charge is 0.193 e. The molecule has 0 atom stereocenters. The molecule has 0 unspecified atom stereocenters. The Bertz CT molecular complexity index is 2560. The quantitative estimate of drug-likeness (QED) is 0.149. The third-order valence-corrected chi connectivity index (χ3v) is 9.97. The van der Waals surface area contributed by atoms with E-state index in [4.69, 9.17) is 0 Å². The van der Waals surface area contributed by atoms with E-state index in [1.807, 2.05) is 24.3 Å².